The minimum atomic E-state index is -0.686. The van der Waals surface area contributed by atoms with Gasteiger partial charge in [0.2, 0.25) is 0 Å². The predicted octanol–water partition coefficient (Wildman–Crippen LogP) is 9.67. The van der Waals surface area contributed by atoms with Crippen LogP contribution in [-0.2, 0) is 16.1 Å². The van der Waals surface area contributed by atoms with Gasteiger partial charge in [0.1, 0.15) is 29.7 Å². The summed E-state index contributed by atoms with van der Waals surface area (Å²) in [5.74, 6) is -1.42. The zero-order chi connectivity index (χ0) is 34.0. The minimum absolute atomic E-state index is 0.0608. The summed E-state index contributed by atoms with van der Waals surface area (Å²) >= 11 is 0. The van der Waals surface area contributed by atoms with Gasteiger partial charge >= 0.3 is 5.97 Å². The highest BCUT2D eigenvalue weighted by Gasteiger charge is 2.18. The molecular weight excluding hydrogens is 608 g/mol. The van der Waals surface area contributed by atoms with Crippen LogP contribution in [0, 0.1) is 11.6 Å². The van der Waals surface area contributed by atoms with E-state index in [2.05, 4.69) is 18.8 Å². The molecular formula is C41H35F2NO4. The average Bonchev–Trinajstić information content (AvgIpc) is 3.10. The van der Waals surface area contributed by atoms with E-state index in [1.54, 1.807) is 54.6 Å². The van der Waals surface area contributed by atoms with E-state index in [4.69, 9.17) is 9.47 Å². The maximum absolute atomic E-state index is 13.9. The van der Waals surface area contributed by atoms with E-state index in [1.807, 2.05) is 54.6 Å². The summed E-state index contributed by atoms with van der Waals surface area (Å²) in [6, 6.07) is 34.5. The average molecular weight is 644 g/mol. The number of benzene rings is 5. The molecule has 0 radical (unpaired) electrons. The van der Waals surface area contributed by atoms with E-state index in [0.717, 1.165) is 22.8 Å². The van der Waals surface area contributed by atoms with Crippen LogP contribution >= 0.6 is 0 Å². The van der Waals surface area contributed by atoms with Gasteiger partial charge in [-0.1, -0.05) is 105 Å². The fourth-order valence-electron chi connectivity index (χ4n) is 5.25. The Kier molecular flexibility index (Phi) is 11.0. The fourth-order valence-corrected chi connectivity index (χ4v) is 5.25. The maximum Gasteiger partial charge on any atom is 0.352 e. The number of allylic oxidation sites excluding steroid dienone is 1. The van der Waals surface area contributed by atoms with E-state index >= 15 is 0 Å². The SMILES string of the molecule is COC(=O)C(CC=C(c1ccc(C(C)C)cc1)c1ccccc1OCc1cc(F)cc(F)c1)=Nc1ccccc1C(=O)c1ccccc1. The summed E-state index contributed by atoms with van der Waals surface area (Å²) < 4.78 is 39.0. The van der Waals surface area contributed by atoms with Crippen LogP contribution in [0.1, 0.15) is 64.4 Å². The minimum Gasteiger partial charge on any atom is -0.488 e. The molecule has 0 saturated heterocycles. The Morgan fingerprint density at radius 2 is 1.38 bits per heavy atom. The first-order chi connectivity index (χ1) is 23.2. The first-order valence-corrected chi connectivity index (χ1v) is 15.6. The molecule has 242 valence electrons. The number of methoxy groups -OCH3 is 1. The number of ketones is 1. The van der Waals surface area contributed by atoms with E-state index in [0.29, 0.717) is 39.6 Å². The van der Waals surface area contributed by atoms with Crippen molar-refractivity contribution in [2.75, 3.05) is 7.11 Å². The van der Waals surface area contributed by atoms with Crippen molar-refractivity contribution in [2.24, 2.45) is 4.99 Å². The Bertz CT molecular complexity index is 1940. The van der Waals surface area contributed by atoms with Crippen molar-refractivity contribution in [2.45, 2.75) is 32.8 Å². The van der Waals surface area contributed by atoms with Gasteiger partial charge in [-0.05, 0) is 58.5 Å². The van der Waals surface area contributed by atoms with Gasteiger partial charge in [0.25, 0.3) is 0 Å². The number of halogens is 2. The first-order valence-electron chi connectivity index (χ1n) is 15.6. The molecule has 0 saturated carbocycles. The number of hydrogen-bond acceptors (Lipinski definition) is 5. The summed E-state index contributed by atoms with van der Waals surface area (Å²) in [7, 11) is 1.28. The first kappa shape index (κ1) is 33.7. The van der Waals surface area contributed by atoms with Crippen LogP contribution in [0.15, 0.2) is 132 Å². The molecule has 0 fully saturated rings. The molecule has 0 spiro atoms. The largest absolute Gasteiger partial charge is 0.488 e. The predicted molar refractivity (Wildman–Crippen MR) is 185 cm³/mol. The number of hydrogen-bond donors (Lipinski definition) is 0. The summed E-state index contributed by atoms with van der Waals surface area (Å²) in [6.07, 6.45) is 1.93. The quantitative estimate of drug-likeness (QED) is 0.0772. The molecule has 0 atom stereocenters. The number of para-hydroxylation sites is 2. The Balaban J connectivity index is 1.56. The smallest absolute Gasteiger partial charge is 0.352 e. The van der Waals surface area contributed by atoms with Crippen molar-refractivity contribution in [1.82, 2.24) is 0 Å². The standard InChI is InChI=1S/C41H35F2NO4/c1-27(2)29-17-19-30(20-18-29)34(35-13-8-10-16-39(35)48-26-28-23-32(42)25-33(43)24-28)21-22-38(41(46)47-3)44-37-15-9-7-14-36(37)40(45)31-11-5-4-6-12-31/h4-21,23-25,27H,22,26H2,1-3H3. The van der Waals surface area contributed by atoms with Crippen molar-refractivity contribution < 1.29 is 27.8 Å². The summed E-state index contributed by atoms with van der Waals surface area (Å²) in [5, 5.41) is 0. The van der Waals surface area contributed by atoms with Crippen LogP contribution in [0.3, 0.4) is 0 Å². The Hall–Kier alpha value is -5.69. The van der Waals surface area contributed by atoms with E-state index in [9.17, 15) is 18.4 Å². The van der Waals surface area contributed by atoms with Crippen LogP contribution in [0.4, 0.5) is 14.5 Å². The van der Waals surface area contributed by atoms with Gasteiger partial charge in [0.05, 0.1) is 12.8 Å². The van der Waals surface area contributed by atoms with Crippen LogP contribution in [0.5, 0.6) is 5.75 Å². The molecule has 48 heavy (non-hydrogen) atoms. The van der Waals surface area contributed by atoms with Gasteiger partial charge < -0.3 is 9.47 Å². The normalized spacial score (nSPS) is 11.8. The van der Waals surface area contributed by atoms with E-state index < -0.39 is 17.6 Å². The monoisotopic (exact) mass is 643 g/mol. The van der Waals surface area contributed by atoms with Crippen LogP contribution < -0.4 is 4.74 Å². The molecule has 0 aliphatic rings. The third-order valence-electron chi connectivity index (χ3n) is 7.74. The summed E-state index contributed by atoms with van der Waals surface area (Å²) in [6.45, 7) is 4.17. The number of ether oxygens (including phenoxy) is 2. The molecule has 0 aliphatic carbocycles. The van der Waals surface area contributed by atoms with Crippen molar-refractivity contribution in [3.05, 3.63) is 172 Å². The molecule has 5 aromatic rings. The second-order valence-electron chi connectivity index (χ2n) is 11.4. The zero-order valence-electron chi connectivity index (χ0n) is 27.0. The van der Waals surface area contributed by atoms with Crippen molar-refractivity contribution in [1.29, 1.82) is 0 Å². The lowest BCUT2D eigenvalue weighted by atomic mass is 9.93. The number of carbonyl (C=O) groups is 2. The third-order valence-corrected chi connectivity index (χ3v) is 7.74. The van der Waals surface area contributed by atoms with Gasteiger partial charge in [-0.25, -0.2) is 18.6 Å². The van der Waals surface area contributed by atoms with E-state index in [1.165, 1.54) is 19.2 Å². The Morgan fingerprint density at radius 3 is 2.04 bits per heavy atom. The number of nitrogens with zero attached hydrogens (tertiary/aromatic N) is 1. The summed E-state index contributed by atoms with van der Waals surface area (Å²) in [4.78, 5) is 31.1. The lowest BCUT2D eigenvalue weighted by molar-refractivity contribution is -0.132. The highest BCUT2D eigenvalue weighted by atomic mass is 19.1. The van der Waals surface area contributed by atoms with Gasteiger partial charge in [0, 0.05) is 29.2 Å². The molecule has 7 heteroatoms. The van der Waals surface area contributed by atoms with E-state index in [-0.39, 0.29) is 24.5 Å². The molecule has 0 unspecified atom stereocenters. The molecule has 5 nitrogen and oxygen atoms in total. The lowest BCUT2D eigenvalue weighted by Gasteiger charge is -2.16. The van der Waals surface area contributed by atoms with Crippen LogP contribution in [0.25, 0.3) is 5.57 Å². The zero-order valence-corrected chi connectivity index (χ0v) is 27.0. The van der Waals surface area contributed by atoms with Crippen LogP contribution in [0.2, 0.25) is 0 Å². The van der Waals surface area contributed by atoms with Gasteiger partial charge in [-0.2, -0.15) is 0 Å². The van der Waals surface area contributed by atoms with Crippen LogP contribution in [-0.4, -0.2) is 24.6 Å². The topological polar surface area (TPSA) is 65.0 Å². The number of esters is 1. The van der Waals surface area contributed by atoms with Crippen molar-refractivity contribution in [3.63, 3.8) is 0 Å². The van der Waals surface area contributed by atoms with Gasteiger partial charge in [-0.15, -0.1) is 0 Å². The molecule has 5 aromatic carbocycles. The second kappa shape index (κ2) is 15.7. The van der Waals surface area contributed by atoms with Crippen molar-refractivity contribution >= 4 is 28.7 Å². The third kappa shape index (κ3) is 8.36. The summed E-state index contributed by atoms with van der Waals surface area (Å²) in [5.41, 5.74) is 5.11. The highest BCUT2D eigenvalue weighted by molar-refractivity contribution is 6.37. The molecule has 0 N–H and O–H groups in total. The Morgan fingerprint density at radius 1 is 0.750 bits per heavy atom. The van der Waals surface area contributed by atoms with Gasteiger partial charge in [0.15, 0.2) is 5.78 Å². The lowest BCUT2D eigenvalue weighted by Crippen LogP contribution is -2.15. The molecule has 0 bridgehead atoms. The number of aliphatic imine (C=N–C) groups is 1. The maximum atomic E-state index is 13.9. The highest BCUT2D eigenvalue weighted by Crippen LogP contribution is 2.33. The molecule has 0 aliphatic heterocycles. The van der Waals surface area contributed by atoms with Crippen molar-refractivity contribution in [3.8, 4) is 5.75 Å². The Labute approximate surface area is 279 Å². The molecule has 0 heterocycles. The molecule has 0 amide bonds. The number of carbonyl (C=O) groups excluding carboxylic acids is 2. The molecule has 0 aromatic heterocycles. The molecule has 5 rings (SSSR count). The van der Waals surface area contributed by atoms with Gasteiger partial charge in [-0.3, -0.25) is 4.79 Å². The second-order valence-corrected chi connectivity index (χ2v) is 11.4. The number of rotatable bonds is 12. The fraction of sp³-hybridized carbons (Fsp3) is 0.146.